The molecule has 0 bridgehead atoms. The van der Waals surface area contributed by atoms with Crippen LogP contribution in [0.3, 0.4) is 0 Å². The van der Waals surface area contributed by atoms with E-state index in [0.717, 1.165) is 17.9 Å². The van der Waals surface area contributed by atoms with Gasteiger partial charge in [-0.05, 0) is 53.9 Å². The zero-order chi connectivity index (χ0) is 15.1. The summed E-state index contributed by atoms with van der Waals surface area (Å²) in [4.78, 5) is 0. The van der Waals surface area contributed by atoms with Crippen LogP contribution in [0.15, 0.2) is 54.1 Å². The van der Waals surface area contributed by atoms with Crippen molar-refractivity contribution in [1.82, 2.24) is 10.6 Å². The van der Waals surface area contributed by atoms with E-state index in [0.29, 0.717) is 5.11 Å². The standard InChI is InChI=1S/C18H15ClN2S/c19-13-8-5-12(6-9-13)16-15-10-7-11-3-1-2-4-14(11)17(15)21-18(22)20-16/h1-6,8-9,16H,7,10H2,(H2,20,21,22)/t16-/m1/s1. The summed E-state index contributed by atoms with van der Waals surface area (Å²) in [6.07, 6.45) is 2.09. The Morgan fingerprint density at radius 2 is 1.77 bits per heavy atom. The van der Waals surface area contributed by atoms with Crippen molar-refractivity contribution in [3.63, 3.8) is 0 Å². The fourth-order valence-corrected chi connectivity index (χ4v) is 3.64. The molecular formula is C18H15ClN2S. The van der Waals surface area contributed by atoms with Gasteiger partial charge in [0.05, 0.1) is 6.04 Å². The average Bonchev–Trinajstić information content (AvgIpc) is 2.55. The molecule has 1 aliphatic carbocycles. The number of nitrogens with one attached hydrogen (secondary N) is 2. The van der Waals surface area contributed by atoms with Gasteiger partial charge in [-0.25, -0.2) is 0 Å². The van der Waals surface area contributed by atoms with Gasteiger partial charge >= 0.3 is 0 Å². The zero-order valence-electron chi connectivity index (χ0n) is 11.9. The number of thiocarbonyl (C=S) groups is 1. The van der Waals surface area contributed by atoms with Gasteiger partial charge in [-0.3, -0.25) is 0 Å². The van der Waals surface area contributed by atoms with Gasteiger partial charge in [-0.1, -0.05) is 48.0 Å². The summed E-state index contributed by atoms with van der Waals surface area (Å²) in [7, 11) is 0. The quantitative estimate of drug-likeness (QED) is 0.767. The number of halogens is 1. The molecule has 2 N–H and O–H groups in total. The summed E-state index contributed by atoms with van der Waals surface area (Å²) in [6.45, 7) is 0. The minimum Gasteiger partial charge on any atom is -0.352 e. The summed E-state index contributed by atoms with van der Waals surface area (Å²) in [6, 6.07) is 16.7. The van der Waals surface area contributed by atoms with Gasteiger partial charge < -0.3 is 10.6 Å². The second-order valence-corrected chi connectivity index (χ2v) is 6.49. The van der Waals surface area contributed by atoms with E-state index in [2.05, 4.69) is 47.0 Å². The molecule has 0 spiro atoms. The van der Waals surface area contributed by atoms with Crippen molar-refractivity contribution in [2.45, 2.75) is 18.9 Å². The Morgan fingerprint density at radius 3 is 2.59 bits per heavy atom. The molecule has 0 saturated heterocycles. The number of rotatable bonds is 1. The molecule has 0 aromatic heterocycles. The van der Waals surface area contributed by atoms with Crippen molar-refractivity contribution < 1.29 is 0 Å². The third kappa shape index (κ3) is 2.31. The lowest BCUT2D eigenvalue weighted by Crippen LogP contribution is -2.44. The Hall–Kier alpha value is -1.84. The number of hydrogen-bond donors (Lipinski definition) is 2. The van der Waals surface area contributed by atoms with Gasteiger partial charge in [0, 0.05) is 16.3 Å². The predicted molar refractivity (Wildman–Crippen MR) is 94.7 cm³/mol. The van der Waals surface area contributed by atoms with Crippen molar-refractivity contribution in [3.8, 4) is 0 Å². The first kappa shape index (κ1) is 13.8. The SMILES string of the molecule is S=C1NC2=C(CCc3ccccc32)[C@@H](c2ccc(Cl)cc2)N1. The highest BCUT2D eigenvalue weighted by Gasteiger charge is 2.30. The van der Waals surface area contributed by atoms with Crippen molar-refractivity contribution in [1.29, 1.82) is 0 Å². The van der Waals surface area contributed by atoms with Crippen LogP contribution in [0.25, 0.3) is 5.70 Å². The lowest BCUT2D eigenvalue weighted by Gasteiger charge is -2.35. The van der Waals surface area contributed by atoms with E-state index in [1.54, 1.807) is 0 Å². The van der Waals surface area contributed by atoms with Crippen molar-refractivity contribution in [2.75, 3.05) is 0 Å². The molecule has 2 nitrogen and oxygen atoms in total. The molecule has 0 fully saturated rings. The number of hydrogen-bond acceptors (Lipinski definition) is 1. The van der Waals surface area contributed by atoms with Crippen LogP contribution < -0.4 is 10.6 Å². The summed E-state index contributed by atoms with van der Waals surface area (Å²) >= 11 is 11.4. The Morgan fingerprint density at radius 1 is 1.00 bits per heavy atom. The minimum atomic E-state index is 0.120. The predicted octanol–water partition coefficient (Wildman–Crippen LogP) is 4.22. The number of fused-ring (bicyclic) bond motifs is 2. The normalized spacial score (nSPS) is 19.9. The fraction of sp³-hybridized carbons (Fsp3) is 0.167. The Kier molecular flexibility index (Phi) is 3.40. The lowest BCUT2D eigenvalue weighted by molar-refractivity contribution is 0.667. The number of benzene rings is 2. The first-order valence-corrected chi connectivity index (χ1v) is 8.15. The monoisotopic (exact) mass is 326 g/mol. The largest absolute Gasteiger partial charge is 0.352 e. The molecule has 1 heterocycles. The third-order valence-electron chi connectivity index (χ3n) is 4.34. The summed E-state index contributed by atoms with van der Waals surface area (Å²) in [5.41, 5.74) is 6.39. The average molecular weight is 327 g/mol. The van der Waals surface area contributed by atoms with Gasteiger partial charge in [0.15, 0.2) is 5.11 Å². The summed E-state index contributed by atoms with van der Waals surface area (Å²) in [5, 5.41) is 8.19. The van der Waals surface area contributed by atoms with Crippen LogP contribution in [-0.2, 0) is 6.42 Å². The van der Waals surface area contributed by atoms with Gasteiger partial charge in [0.1, 0.15) is 0 Å². The summed E-state index contributed by atoms with van der Waals surface area (Å²) < 4.78 is 0. The van der Waals surface area contributed by atoms with Crippen molar-refractivity contribution in [2.24, 2.45) is 0 Å². The molecule has 2 aromatic rings. The van der Waals surface area contributed by atoms with Crippen molar-refractivity contribution in [3.05, 3.63) is 75.8 Å². The second-order valence-electron chi connectivity index (χ2n) is 5.64. The van der Waals surface area contributed by atoms with Crippen LogP contribution in [0.1, 0.15) is 29.2 Å². The van der Waals surface area contributed by atoms with Crippen LogP contribution >= 0.6 is 23.8 Å². The maximum atomic E-state index is 6.01. The molecule has 22 heavy (non-hydrogen) atoms. The molecule has 4 heteroatoms. The topological polar surface area (TPSA) is 24.1 Å². The van der Waals surface area contributed by atoms with Crippen LogP contribution in [-0.4, -0.2) is 5.11 Å². The molecule has 1 aliphatic heterocycles. The Balaban J connectivity index is 1.84. The van der Waals surface area contributed by atoms with Crippen LogP contribution in [0.5, 0.6) is 0 Å². The minimum absolute atomic E-state index is 0.120. The molecular weight excluding hydrogens is 312 g/mol. The highest BCUT2D eigenvalue weighted by Crippen LogP contribution is 2.38. The zero-order valence-corrected chi connectivity index (χ0v) is 13.5. The van der Waals surface area contributed by atoms with E-state index >= 15 is 0 Å². The van der Waals surface area contributed by atoms with E-state index in [1.165, 1.54) is 28.0 Å². The Labute approximate surface area is 140 Å². The lowest BCUT2D eigenvalue weighted by atomic mass is 9.83. The molecule has 0 amide bonds. The first-order valence-electron chi connectivity index (χ1n) is 7.36. The molecule has 0 saturated carbocycles. The molecule has 2 aromatic carbocycles. The molecule has 0 radical (unpaired) electrons. The van der Waals surface area contributed by atoms with E-state index in [1.807, 2.05) is 12.1 Å². The van der Waals surface area contributed by atoms with Crippen LogP contribution in [0, 0.1) is 0 Å². The molecule has 4 rings (SSSR count). The molecule has 0 unspecified atom stereocenters. The van der Waals surface area contributed by atoms with Gasteiger partial charge in [-0.15, -0.1) is 0 Å². The van der Waals surface area contributed by atoms with Gasteiger partial charge in [0.2, 0.25) is 0 Å². The highest BCUT2D eigenvalue weighted by atomic mass is 35.5. The van der Waals surface area contributed by atoms with Crippen LogP contribution in [0.4, 0.5) is 0 Å². The third-order valence-corrected chi connectivity index (χ3v) is 4.81. The van der Waals surface area contributed by atoms with E-state index in [9.17, 15) is 0 Å². The molecule has 110 valence electrons. The van der Waals surface area contributed by atoms with Crippen molar-refractivity contribution >= 4 is 34.6 Å². The van der Waals surface area contributed by atoms with E-state index < -0.39 is 0 Å². The molecule has 1 atom stereocenters. The van der Waals surface area contributed by atoms with Gasteiger partial charge in [0.25, 0.3) is 0 Å². The smallest absolute Gasteiger partial charge is 0.171 e. The fourth-order valence-electron chi connectivity index (χ4n) is 3.29. The van der Waals surface area contributed by atoms with E-state index in [-0.39, 0.29) is 6.04 Å². The Bertz CT molecular complexity index is 780. The van der Waals surface area contributed by atoms with Gasteiger partial charge in [-0.2, -0.15) is 0 Å². The second kappa shape index (κ2) is 5.41. The summed E-state index contributed by atoms with van der Waals surface area (Å²) in [5.74, 6) is 0. The molecule has 2 aliphatic rings. The van der Waals surface area contributed by atoms with Crippen LogP contribution in [0.2, 0.25) is 5.02 Å². The first-order chi connectivity index (χ1) is 10.7. The van der Waals surface area contributed by atoms with E-state index in [4.69, 9.17) is 23.8 Å². The maximum absolute atomic E-state index is 6.01. The number of aryl methyl sites for hydroxylation is 1. The maximum Gasteiger partial charge on any atom is 0.171 e. The highest BCUT2D eigenvalue weighted by molar-refractivity contribution is 7.80.